The van der Waals surface area contributed by atoms with Crippen molar-refractivity contribution >= 4 is 27.0 Å². The van der Waals surface area contributed by atoms with Crippen LogP contribution in [0.15, 0.2) is 33.7 Å². The van der Waals surface area contributed by atoms with Gasteiger partial charge in [-0.2, -0.15) is 13.2 Å². The van der Waals surface area contributed by atoms with Crippen molar-refractivity contribution in [2.45, 2.75) is 38.8 Å². The lowest BCUT2D eigenvalue weighted by Crippen LogP contribution is -2.15. The summed E-state index contributed by atoms with van der Waals surface area (Å²) in [6.07, 6.45) is -4.71. The van der Waals surface area contributed by atoms with Crippen molar-refractivity contribution in [2.75, 3.05) is 4.72 Å². The Hall–Kier alpha value is -2.33. The number of thiophene rings is 1. The van der Waals surface area contributed by atoms with E-state index >= 15 is 0 Å². The molecule has 3 rings (SSSR count). The number of rotatable bonds is 4. The Morgan fingerprint density at radius 3 is 2.39 bits per heavy atom. The minimum absolute atomic E-state index is 0.0991. The fourth-order valence-corrected chi connectivity index (χ4v) is 5.87. The molecule has 0 aliphatic heterocycles. The quantitative estimate of drug-likeness (QED) is 0.597. The molecule has 1 N–H and O–H groups in total. The van der Waals surface area contributed by atoms with E-state index in [4.69, 9.17) is 0 Å². The number of anilines is 1. The molecular formula is C18H17F3N2O3S2. The lowest BCUT2D eigenvalue weighted by Gasteiger charge is -2.13. The monoisotopic (exact) mass is 430 g/mol. The second-order valence-electron chi connectivity index (χ2n) is 6.35. The van der Waals surface area contributed by atoms with E-state index in [9.17, 15) is 21.6 Å². The predicted molar refractivity (Wildman–Crippen MR) is 101 cm³/mol. The maximum absolute atomic E-state index is 13.1. The Balaban J connectivity index is 2.12. The van der Waals surface area contributed by atoms with Gasteiger partial charge in [-0.15, -0.1) is 11.3 Å². The molecule has 0 spiro atoms. The molecule has 0 aliphatic rings. The summed E-state index contributed by atoms with van der Waals surface area (Å²) in [5.41, 5.74) is 2.02. The van der Waals surface area contributed by atoms with Crippen molar-refractivity contribution in [2.24, 2.45) is 0 Å². The average Bonchev–Trinajstić information content (AvgIpc) is 3.15. The molecule has 0 bridgehead atoms. The third-order valence-electron chi connectivity index (χ3n) is 4.37. The lowest BCUT2D eigenvalue weighted by molar-refractivity contribution is -0.155. The predicted octanol–water partition coefficient (Wildman–Crippen LogP) is 5.46. The number of aryl methyl sites for hydroxylation is 3. The first-order valence-electron chi connectivity index (χ1n) is 8.15. The summed E-state index contributed by atoms with van der Waals surface area (Å²) in [4.78, 5) is 0.876. The van der Waals surface area contributed by atoms with E-state index in [1.807, 2.05) is 13.0 Å². The highest BCUT2D eigenvalue weighted by Gasteiger charge is 2.37. The Morgan fingerprint density at radius 1 is 1.11 bits per heavy atom. The molecule has 2 heterocycles. The van der Waals surface area contributed by atoms with Gasteiger partial charge in [0.25, 0.3) is 10.0 Å². The number of sulfonamides is 1. The molecule has 28 heavy (non-hydrogen) atoms. The van der Waals surface area contributed by atoms with Crippen LogP contribution in [-0.4, -0.2) is 13.6 Å². The van der Waals surface area contributed by atoms with Crippen LogP contribution in [0.5, 0.6) is 0 Å². The molecule has 1 aromatic carbocycles. The standard InChI is InChI=1S/C18H17F3N2O3S2/c1-9-6-5-7-13(10(9)2)23-28(24,25)17-12(4)27-11(3)16(17)14-8-15(26-22-14)18(19,20)21/h5-8,23H,1-4H3. The van der Waals surface area contributed by atoms with Crippen LogP contribution in [0.1, 0.15) is 26.6 Å². The van der Waals surface area contributed by atoms with Crippen molar-refractivity contribution in [3.05, 3.63) is 50.9 Å². The van der Waals surface area contributed by atoms with Crippen LogP contribution in [0.25, 0.3) is 11.3 Å². The first-order valence-corrected chi connectivity index (χ1v) is 10.4. The molecular weight excluding hydrogens is 413 g/mol. The van der Waals surface area contributed by atoms with Crippen LogP contribution < -0.4 is 4.72 Å². The molecule has 0 fully saturated rings. The number of halogens is 3. The fourth-order valence-electron chi connectivity index (χ4n) is 2.87. The number of aromatic nitrogens is 1. The van der Waals surface area contributed by atoms with Crippen molar-refractivity contribution in [3.63, 3.8) is 0 Å². The fraction of sp³-hybridized carbons (Fsp3) is 0.278. The molecule has 0 saturated carbocycles. The molecule has 2 aromatic heterocycles. The van der Waals surface area contributed by atoms with Gasteiger partial charge in [0, 0.05) is 21.4 Å². The van der Waals surface area contributed by atoms with Crippen molar-refractivity contribution in [1.82, 2.24) is 5.16 Å². The average molecular weight is 430 g/mol. The Labute approximate surface area is 164 Å². The van der Waals surface area contributed by atoms with Crippen molar-refractivity contribution in [1.29, 1.82) is 0 Å². The van der Waals surface area contributed by atoms with Crippen LogP contribution >= 0.6 is 11.3 Å². The minimum atomic E-state index is -4.71. The Bertz CT molecular complexity index is 1150. The van der Waals surface area contributed by atoms with E-state index in [0.29, 0.717) is 21.5 Å². The first kappa shape index (κ1) is 20.4. The van der Waals surface area contributed by atoms with Crippen LogP contribution in [-0.2, 0) is 16.2 Å². The van der Waals surface area contributed by atoms with E-state index in [1.165, 1.54) is 11.3 Å². The summed E-state index contributed by atoms with van der Waals surface area (Å²) in [6.45, 7) is 6.87. The summed E-state index contributed by atoms with van der Waals surface area (Å²) in [5, 5.41) is 3.46. The maximum atomic E-state index is 13.1. The van der Waals surface area contributed by atoms with Crippen molar-refractivity contribution < 1.29 is 26.1 Å². The summed E-state index contributed by atoms with van der Waals surface area (Å²) < 4.78 is 71.7. The molecule has 10 heteroatoms. The Kier molecular flexibility index (Phi) is 5.05. The second-order valence-corrected chi connectivity index (χ2v) is 9.39. The van der Waals surface area contributed by atoms with Crippen molar-refractivity contribution in [3.8, 4) is 11.3 Å². The molecule has 0 amide bonds. The highest BCUT2D eigenvalue weighted by Crippen LogP contribution is 2.41. The molecule has 3 aromatic rings. The summed E-state index contributed by atoms with van der Waals surface area (Å²) in [6, 6.07) is 5.92. The molecule has 0 radical (unpaired) electrons. The number of hydrogen-bond donors (Lipinski definition) is 1. The molecule has 150 valence electrons. The largest absolute Gasteiger partial charge is 0.452 e. The van der Waals surface area contributed by atoms with E-state index in [1.54, 1.807) is 32.9 Å². The number of nitrogens with zero attached hydrogens (tertiary/aromatic N) is 1. The molecule has 5 nitrogen and oxygen atoms in total. The lowest BCUT2D eigenvalue weighted by atomic mass is 10.1. The van der Waals surface area contributed by atoms with E-state index < -0.39 is 22.0 Å². The van der Waals surface area contributed by atoms with E-state index in [0.717, 1.165) is 11.1 Å². The normalized spacial score (nSPS) is 12.4. The minimum Gasteiger partial charge on any atom is -0.351 e. The van der Waals surface area contributed by atoms with E-state index in [2.05, 4.69) is 14.4 Å². The zero-order valence-electron chi connectivity index (χ0n) is 15.4. The van der Waals surface area contributed by atoms with Gasteiger partial charge < -0.3 is 4.52 Å². The number of alkyl halides is 3. The molecule has 0 atom stereocenters. The Morgan fingerprint density at radius 2 is 1.79 bits per heavy atom. The van der Waals surface area contributed by atoms with Crippen LogP contribution in [0.2, 0.25) is 0 Å². The molecule has 0 saturated heterocycles. The van der Waals surface area contributed by atoms with Gasteiger partial charge in [-0.1, -0.05) is 17.3 Å². The summed E-state index contributed by atoms with van der Waals surface area (Å²) in [5.74, 6) is -1.28. The first-order chi connectivity index (χ1) is 12.9. The SMILES string of the molecule is Cc1cccc(NS(=O)(=O)c2c(C)sc(C)c2-c2cc(C(F)(F)F)on2)c1C. The summed E-state index contributed by atoms with van der Waals surface area (Å²) in [7, 11) is -4.07. The smallest absolute Gasteiger partial charge is 0.351 e. The van der Waals surface area contributed by atoms with Crippen LogP contribution in [0.4, 0.5) is 18.9 Å². The number of nitrogens with one attached hydrogen (secondary N) is 1. The number of hydrogen-bond acceptors (Lipinski definition) is 5. The van der Waals surface area contributed by atoms with Crippen LogP contribution in [0.3, 0.4) is 0 Å². The van der Waals surface area contributed by atoms with Gasteiger partial charge in [0.1, 0.15) is 10.6 Å². The van der Waals surface area contributed by atoms with Gasteiger partial charge in [-0.05, 0) is 44.9 Å². The number of benzene rings is 1. The highest BCUT2D eigenvalue weighted by atomic mass is 32.2. The van der Waals surface area contributed by atoms with Gasteiger partial charge >= 0.3 is 6.18 Å². The van der Waals surface area contributed by atoms with Gasteiger partial charge in [0.15, 0.2) is 0 Å². The summed E-state index contributed by atoms with van der Waals surface area (Å²) >= 11 is 1.17. The third kappa shape index (κ3) is 3.66. The highest BCUT2D eigenvalue weighted by molar-refractivity contribution is 7.93. The second kappa shape index (κ2) is 6.93. The zero-order chi connectivity index (χ0) is 20.9. The third-order valence-corrected chi connectivity index (χ3v) is 7.05. The van der Waals surface area contributed by atoms with Gasteiger partial charge in [0.2, 0.25) is 5.76 Å². The maximum Gasteiger partial charge on any atom is 0.452 e. The van der Waals surface area contributed by atoms with Gasteiger partial charge in [-0.25, -0.2) is 8.42 Å². The molecule has 0 unspecified atom stereocenters. The van der Waals surface area contributed by atoms with Gasteiger partial charge in [-0.3, -0.25) is 4.72 Å². The van der Waals surface area contributed by atoms with Gasteiger partial charge in [0.05, 0.1) is 5.69 Å². The zero-order valence-corrected chi connectivity index (χ0v) is 17.1. The van der Waals surface area contributed by atoms with Crippen LogP contribution in [0, 0.1) is 27.7 Å². The molecule has 0 aliphatic carbocycles. The topological polar surface area (TPSA) is 72.2 Å². The van der Waals surface area contributed by atoms with E-state index in [-0.39, 0.29) is 16.2 Å².